The smallest absolute Gasteiger partial charge is 0.264 e. The van der Waals surface area contributed by atoms with Gasteiger partial charge in [-0.15, -0.1) is 0 Å². The highest BCUT2D eigenvalue weighted by molar-refractivity contribution is 8.18. The van der Waals surface area contributed by atoms with Gasteiger partial charge in [-0.3, -0.25) is 9.59 Å². The number of benzene rings is 3. The molecule has 1 aromatic heterocycles. The molecular formula is C27H22N4O2S. The fraction of sp³-hybridized carbons (Fsp3) is 0.0741. The molecule has 0 saturated carbocycles. The molecule has 2 N–H and O–H groups in total. The molecule has 2 amide bonds. The van der Waals surface area contributed by atoms with Crippen LogP contribution in [0.2, 0.25) is 0 Å². The van der Waals surface area contributed by atoms with Crippen LogP contribution in [0.3, 0.4) is 0 Å². The third kappa shape index (κ3) is 4.65. The Kier molecular flexibility index (Phi) is 6.01. The number of para-hydroxylation sites is 3. The van der Waals surface area contributed by atoms with Crippen LogP contribution < -0.4 is 10.6 Å². The third-order valence-corrected chi connectivity index (χ3v) is 6.38. The lowest BCUT2D eigenvalue weighted by atomic mass is 10.1. The molecule has 0 bridgehead atoms. The van der Waals surface area contributed by atoms with Gasteiger partial charge in [0.25, 0.3) is 5.91 Å². The summed E-state index contributed by atoms with van der Waals surface area (Å²) in [6.07, 6.45) is 3.76. The molecule has 0 aliphatic carbocycles. The van der Waals surface area contributed by atoms with Gasteiger partial charge in [0.2, 0.25) is 5.91 Å². The zero-order valence-corrected chi connectivity index (χ0v) is 19.3. The molecular weight excluding hydrogens is 444 g/mol. The lowest BCUT2D eigenvalue weighted by molar-refractivity contribution is -0.117. The van der Waals surface area contributed by atoms with Crippen molar-refractivity contribution in [2.24, 2.45) is 4.99 Å². The van der Waals surface area contributed by atoms with Gasteiger partial charge in [-0.05, 0) is 54.6 Å². The van der Waals surface area contributed by atoms with Gasteiger partial charge in [-0.1, -0.05) is 54.6 Å². The van der Waals surface area contributed by atoms with Crippen molar-refractivity contribution in [2.45, 2.75) is 13.5 Å². The van der Waals surface area contributed by atoms with Gasteiger partial charge in [0.15, 0.2) is 5.17 Å². The number of nitrogens with one attached hydrogen (secondary N) is 2. The van der Waals surface area contributed by atoms with Crippen molar-refractivity contribution in [3.05, 3.63) is 101 Å². The molecule has 1 aliphatic rings. The number of nitrogens with zero attached hydrogens (tertiary/aromatic N) is 2. The van der Waals surface area contributed by atoms with E-state index in [1.807, 2.05) is 103 Å². The Hall–Kier alpha value is -4.10. The number of carbonyl (C=O) groups is 2. The first-order valence-electron chi connectivity index (χ1n) is 10.8. The lowest BCUT2D eigenvalue weighted by Gasteiger charge is -2.07. The van der Waals surface area contributed by atoms with Gasteiger partial charge < -0.3 is 15.2 Å². The molecule has 6 nitrogen and oxygen atoms in total. The maximum atomic E-state index is 12.6. The summed E-state index contributed by atoms with van der Waals surface area (Å²) in [5.41, 5.74) is 4.42. The van der Waals surface area contributed by atoms with E-state index in [-0.39, 0.29) is 18.4 Å². The van der Waals surface area contributed by atoms with Crippen LogP contribution in [0.1, 0.15) is 11.1 Å². The highest BCUT2D eigenvalue weighted by Crippen LogP contribution is 2.31. The largest absolute Gasteiger partial charge is 0.337 e. The van der Waals surface area contributed by atoms with Crippen LogP contribution >= 0.6 is 11.8 Å². The van der Waals surface area contributed by atoms with Gasteiger partial charge in [0.05, 0.1) is 10.6 Å². The van der Waals surface area contributed by atoms with E-state index in [9.17, 15) is 9.59 Å². The van der Waals surface area contributed by atoms with Crippen LogP contribution in [0, 0.1) is 6.92 Å². The fourth-order valence-corrected chi connectivity index (χ4v) is 4.64. The normalized spacial score (nSPS) is 15.7. The number of fused-ring (bicyclic) bond motifs is 1. The summed E-state index contributed by atoms with van der Waals surface area (Å²) >= 11 is 1.31. The summed E-state index contributed by atoms with van der Waals surface area (Å²) in [6, 6.07) is 25.0. The maximum absolute atomic E-state index is 12.6. The van der Waals surface area contributed by atoms with E-state index >= 15 is 0 Å². The molecule has 0 spiro atoms. The first-order chi connectivity index (χ1) is 16.6. The van der Waals surface area contributed by atoms with E-state index in [1.165, 1.54) is 11.8 Å². The number of hydrogen-bond donors (Lipinski definition) is 2. The molecule has 1 fully saturated rings. The standard InChI is InChI=1S/C27H22N4O2S/c1-18-9-5-7-13-22(18)29-27-30-26(33)24(34-27)15-19-16-31(23-14-8-6-12-21(19)23)17-25(32)28-20-10-3-2-4-11-20/h2-16H,17H2,1H3,(H,28,32)(H,29,30,33)/b24-15+. The Labute approximate surface area is 201 Å². The molecule has 168 valence electrons. The minimum Gasteiger partial charge on any atom is -0.337 e. The Morgan fingerprint density at radius 1 is 1.03 bits per heavy atom. The molecule has 0 atom stereocenters. The first-order valence-corrected chi connectivity index (χ1v) is 11.7. The highest BCUT2D eigenvalue weighted by Gasteiger charge is 2.24. The summed E-state index contributed by atoms with van der Waals surface area (Å²) in [4.78, 5) is 30.4. The molecule has 2 heterocycles. The van der Waals surface area contributed by atoms with Crippen LogP contribution in [0.25, 0.3) is 17.0 Å². The topological polar surface area (TPSA) is 75.5 Å². The molecule has 0 radical (unpaired) electrons. The number of carbonyl (C=O) groups excluding carboxylic acids is 2. The number of aromatic nitrogens is 1. The average Bonchev–Trinajstić information content (AvgIpc) is 3.36. The van der Waals surface area contributed by atoms with E-state index in [4.69, 9.17) is 0 Å². The van der Waals surface area contributed by atoms with E-state index in [0.29, 0.717) is 10.1 Å². The van der Waals surface area contributed by atoms with Crippen molar-refractivity contribution in [3.8, 4) is 0 Å². The maximum Gasteiger partial charge on any atom is 0.264 e. The van der Waals surface area contributed by atoms with Crippen molar-refractivity contribution in [2.75, 3.05) is 5.32 Å². The number of thioether (sulfide) groups is 1. The Bertz CT molecular complexity index is 1450. The Morgan fingerprint density at radius 3 is 2.59 bits per heavy atom. The van der Waals surface area contributed by atoms with Crippen LogP contribution in [-0.4, -0.2) is 21.5 Å². The van der Waals surface area contributed by atoms with E-state index < -0.39 is 0 Å². The van der Waals surface area contributed by atoms with Gasteiger partial charge in [0, 0.05) is 28.4 Å². The van der Waals surface area contributed by atoms with Crippen molar-refractivity contribution >= 4 is 57.1 Å². The van der Waals surface area contributed by atoms with Crippen LogP contribution in [0.4, 0.5) is 11.4 Å². The predicted octanol–water partition coefficient (Wildman–Crippen LogP) is 5.48. The van der Waals surface area contributed by atoms with E-state index in [2.05, 4.69) is 15.6 Å². The number of aliphatic imine (C=N–C) groups is 1. The zero-order valence-electron chi connectivity index (χ0n) is 18.5. The number of amides is 2. The fourth-order valence-electron chi connectivity index (χ4n) is 3.82. The summed E-state index contributed by atoms with van der Waals surface area (Å²) in [6.45, 7) is 2.15. The van der Waals surface area contributed by atoms with E-state index in [1.54, 1.807) is 0 Å². The zero-order chi connectivity index (χ0) is 23.5. The molecule has 7 heteroatoms. The van der Waals surface area contributed by atoms with Crippen molar-refractivity contribution in [3.63, 3.8) is 0 Å². The van der Waals surface area contributed by atoms with Crippen LogP contribution in [0.15, 0.2) is 95.0 Å². The molecule has 3 aromatic carbocycles. The van der Waals surface area contributed by atoms with Gasteiger partial charge in [0.1, 0.15) is 6.54 Å². The summed E-state index contributed by atoms with van der Waals surface area (Å²) in [5, 5.41) is 7.29. The van der Waals surface area contributed by atoms with Gasteiger partial charge >= 0.3 is 0 Å². The van der Waals surface area contributed by atoms with Crippen molar-refractivity contribution < 1.29 is 9.59 Å². The van der Waals surface area contributed by atoms with Gasteiger partial charge in [-0.25, -0.2) is 4.99 Å². The van der Waals surface area contributed by atoms with Gasteiger partial charge in [-0.2, -0.15) is 0 Å². The second-order valence-electron chi connectivity index (χ2n) is 7.91. The van der Waals surface area contributed by atoms with Crippen molar-refractivity contribution in [1.29, 1.82) is 0 Å². The quantitative estimate of drug-likeness (QED) is 0.383. The minimum atomic E-state index is -0.184. The minimum absolute atomic E-state index is 0.119. The molecule has 5 rings (SSSR count). The van der Waals surface area contributed by atoms with Crippen molar-refractivity contribution in [1.82, 2.24) is 9.88 Å². The average molecular weight is 467 g/mol. The number of anilines is 1. The lowest BCUT2D eigenvalue weighted by Crippen LogP contribution is -2.19. The summed E-state index contributed by atoms with van der Waals surface area (Å²) in [7, 11) is 0. The molecule has 1 saturated heterocycles. The molecule has 4 aromatic rings. The predicted molar refractivity (Wildman–Crippen MR) is 139 cm³/mol. The second-order valence-corrected chi connectivity index (χ2v) is 8.94. The number of aryl methyl sites for hydroxylation is 1. The summed E-state index contributed by atoms with van der Waals surface area (Å²) < 4.78 is 1.90. The number of amidine groups is 1. The third-order valence-electron chi connectivity index (χ3n) is 5.47. The molecule has 1 aliphatic heterocycles. The second kappa shape index (κ2) is 9.41. The molecule has 34 heavy (non-hydrogen) atoms. The van der Waals surface area contributed by atoms with E-state index in [0.717, 1.165) is 33.4 Å². The highest BCUT2D eigenvalue weighted by atomic mass is 32.2. The molecule has 0 unspecified atom stereocenters. The number of rotatable bonds is 5. The van der Waals surface area contributed by atoms with Crippen LogP contribution in [0.5, 0.6) is 0 Å². The number of hydrogen-bond acceptors (Lipinski definition) is 4. The van der Waals surface area contributed by atoms with Crippen LogP contribution in [-0.2, 0) is 16.1 Å². The Balaban J connectivity index is 1.41. The monoisotopic (exact) mass is 466 g/mol. The Morgan fingerprint density at radius 2 is 1.76 bits per heavy atom. The summed E-state index contributed by atoms with van der Waals surface area (Å²) in [5.74, 6) is -0.303. The SMILES string of the molecule is Cc1ccccc1N=C1NC(=O)/C(=C\c2cn(CC(=O)Nc3ccccc3)c3ccccc23)S1. The first kappa shape index (κ1) is 21.7.